The van der Waals surface area contributed by atoms with Gasteiger partial charge in [0.25, 0.3) is 0 Å². The first-order valence-electron chi connectivity index (χ1n) is 3.76. The highest BCUT2D eigenvalue weighted by atomic mass is 16.2. The van der Waals surface area contributed by atoms with Crippen molar-refractivity contribution >= 4 is 23.6 Å². The average molecular weight is 182 g/mol. The molecular formula is C7H6N2O4. The summed E-state index contributed by atoms with van der Waals surface area (Å²) in [5.74, 6) is -1.34. The van der Waals surface area contributed by atoms with E-state index in [-0.39, 0.29) is 43.1 Å². The normalized spacial score (nSPS) is 21.8. The molecule has 0 aromatic carbocycles. The van der Waals surface area contributed by atoms with Crippen LogP contribution in [0.15, 0.2) is 0 Å². The topological polar surface area (TPSA) is 74.8 Å². The second-order valence-electron chi connectivity index (χ2n) is 2.93. The van der Waals surface area contributed by atoms with Crippen LogP contribution in [-0.4, -0.2) is 40.1 Å². The van der Waals surface area contributed by atoms with Gasteiger partial charge < -0.3 is 0 Å². The SMILES string of the molecule is O=C1CC(=O)N1CN1C(=O)CC1=O. The van der Waals surface area contributed by atoms with Crippen LogP contribution in [0.2, 0.25) is 0 Å². The highest BCUT2D eigenvalue weighted by Crippen LogP contribution is 2.17. The number of β-lactam (4-membered cyclic amide) rings is 4. The molecule has 68 valence electrons. The number of carbonyl (C=O) groups excluding carboxylic acids is 4. The second-order valence-corrected chi connectivity index (χ2v) is 2.93. The van der Waals surface area contributed by atoms with E-state index >= 15 is 0 Å². The molecule has 0 N–H and O–H groups in total. The van der Waals surface area contributed by atoms with Gasteiger partial charge in [-0.15, -0.1) is 0 Å². The van der Waals surface area contributed by atoms with Gasteiger partial charge in [-0.25, -0.2) is 0 Å². The maximum Gasteiger partial charge on any atom is 0.240 e. The zero-order valence-electron chi connectivity index (χ0n) is 6.65. The Morgan fingerprint density at radius 3 is 1.31 bits per heavy atom. The summed E-state index contributed by atoms with van der Waals surface area (Å²) in [5, 5.41) is 0. The van der Waals surface area contributed by atoms with Gasteiger partial charge in [-0.05, 0) is 0 Å². The number of nitrogens with zero attached hydrogens (tertiary/aromatic N) is 2. The standard InChI is InChI=1S/C7H6N2O4/c10-4-1-5(11)8(4)3-9-6(12)2-7(9)13/h1-3H2. The molecule has 0 spiro atoms. The molecule has 2 saturated heterocycles. The first kappa shape index (κ1) is 7.90. The zero-order chi connectivity index (χ0) is 9.59. The molecule has 0 saturated carbocycles. The monoisotopic (exact) mass is 182 g/mol. The minimum atomic E-state index is -0.336. The van der Waals surface area contributed by atoms with E-state index in [1.807, 2.05) is 0 Å². The van der Waals surface area contributed by atoms with Crippen molar-refractivity contribution in [1.29, 1.82) is 0 Å². The van der Waals surface area contributed by atoms with Crippen molar-refractivity contribution in [2.45, 2.75) is 12.8 Å². The van der Waals surface area contributed by atoms with Gasteiger partial charge in [0, 0.05) is 0 Å². The lowest BCUT2D eigenvalue weighted by molar-refractivity contribution is -0.168. The van der Waals surface area contributed by atoms with Gasteiger partial charge in [0.05, 0.1) is 0 Å². The molecule has 0 aliphatic carbocycles. The van der Waals surface area contributed by atoms with Crippen molar-refractivity contribution in [1.82, 2.24) is 9.80 Å². The molecule has 13 heavy (non-hydrogen) atoms. The van der Waals surface area contributed by atoms with Crippen LogP contribution in [0.1, 0.15) is 12.8 Å². The summed E-state index contributed by atoms with van der Waals surface area (Å²) in [6.45, 7) is -0.199. The molecule has 2 aliphatic rings. The minimum Gasteiger partial charge on any atom is -0.274 e. The Hall–Kier alpha value is -1.72. The Bertz CT molecular complexity index is 275. The maximum absolute atomic E-state index is 10.8. The van der Waals surface area contributed by atoms with E-state index < -0.39 is 0 Å². The zero-order valence-corrected chi connectivity index (χ0v) is 6.65. The first-order valence-corrected chi connectivity index (χ1v) is 3.76. The fourth-order valence-electron chi connectivity index (χ4n) is 1.19. The fourth-order valence-corrected chi connectivity index (χ4v) is 1.19. The van der Waals surface area contributed by atoms with Crippen LogP contribution in [0.3, 0.4) is 0 Å². The van der Waals surface area contributed by atoms with Crippen LogP contribution >= 0.6 is 0 Å². The van der Waals surface area contributed by atoms with Gasteiger partial charge in [0.1, 0.15) is 19.5 Å². The maximum atomic E-state index is 10.8. The van der Waals surface area contributed by atoms with E-state index in [0.717, 1.165) is 9.80 Å². The highest BCUT2D eigenvalue weighted by molar-refractivity contribution is 6.17. The summed E-state index contributed by atoms with van der Waals surface area (Å²) in [6, 6.07) is 0. The number of imide groups is 2. The number of hydrogen-bond acceptors (Lipinski definition) is 4. The van der Waals surface area contributed by atoms with Crippen molar-refractivity contribution in [3.8, 4) is 0 Å². The van der Waals surface area contributed by atoms with E-state index in [1.165, 1.54) is 0 Å². The van der Waals surface area contributed by atoms with Gasteiger partial charge in [-0.3, -0.25) is 29.0 Å². The molecule has 6 nitrogen and oxygen atoms in total. The van der Waals surface area contributed by atoms with Crippen molar-refractivity contribution in [3.63, 3.8) is 0 Å². The molecule has 0 aromatic heterocycles. The number of carbonyl (C=O) groups is 4. The average Bonchev–Trinajstić information content (AvgIpc) is 2.04. The molecule has 2 heterocycles. The lowest BCUT2D eigenvalue weighted by Gasteiger charge is -2.36. The quantitative estimate of drug-likeness (QED) is 0.383. The van der Waals surface area contributed by atoms with Gasteiger partial charge in [-0.2, -0.15) is 0 Å². The van der Waals surface area contributed by atoms with Gasteiger partial charge in [0.2, 0.25) is 23.6 Å². The Labute approximate surface area is 73.1 Å². The molecule has 0 radical (unpaired) electrons. The molecular weight excluding hydrogens is 176 g/mol. The molecule has 0 unspecified atom stereocenters. The van der Waals surface area contributed by atoms with Crippen LogP contribution in [0.5, 0.6) is 0 Å². The van der Waals surface area contributed by atoms with E-state index in [9.17, 15) is 19.2 Å². The third-order valence-corrected chi connectivity index (χ3v) is 2.09. The van der Waals surface area contributed by atoms with Gasteiger partial charge in [0.15, 0.2) is 0 Å². The van der Waals surface area contributed by atoms with Crippen LogP contribution in [-0.2, 0) is 19.2 Å². The summed E-state index contributed by atoms with van der Waals surface area (Å²) in [5.41, 5.74) is 0. The summed E-state index contributed by atoms with van der Waals surface area (Å²) in [6.07, 6.45) is -0.230. The lowest BCUT2D eigenvalue weighted by Crippen LogP contribution is -2.60. The predicted molar refractivity (Wildman–Crippen MR) is 37.8 cm³/mol. The Balaban J connectivity index is 1.98. The molecule has 4 amide bonds. The van der Waals surface area contributed by atoms with Crippen LogP contribution in [0.4, 0.5) is 0 Å². The molecule has 0 bridgehead atoms. The van der Waals surface area contributed by atoms with E-state index in [1.54, 1.807) is 0 Å². The minimum absolute atomic E-state index is 0.115. The molecule has 0 atom stereocenters. The third-order valence-electron chi connectivity index (χ3n) is 2.09. The van der Waals surface area contributed by atoms with Gasteiger partial charge >= 0.3 is 0 Å². The number of rotatable bonds is 2. The predicted octanol–water partition coefficient (Wildman–Crippen LogP) is -1.54. The Kier molecular flexibility index (Phi) is 1.45. The molecule has 0 aromatic rings. The van der Waals surface area contributed by atoms with Crippen LogP contribution in [0, 0.1) is 0 Å². The highest BCUT2D eigenvalue weighted by Gasteiger charge is 2.41. The number of likely N-dealkylation sites (tertiary alicyclic amines) is 2. The third kappa shape index (κ3) is 1.02. The van der Waals surface area contributed by atoms with Gasteiger partial charge in [-0.1, -0.05) is 0 Å². The van der Waals surface area contributed by atoms with Crippen LogP contribution < -0.4 is 0 Å². The lowest BCUT2D eigenvalue weighted by atomic mass is 10.1. The van der Waals surface area contributed by atoms with Crippen LogP contribution in [0.25, 0.3) is 0 Å². The van der Waals surface area contributed by atoms with E-state index in [4.69, 9.17) is 0 Å². The largest absolute Gasteiger partial charge is 0.274 e. The summed E-state index contributed by atoms with van der Waals surface area (Å²) in [7, 11) is 0. The fraction of sp³-hybridized carbons (Fsp3) is 0.429. The van der Waals surface area contributed by atoms with Crippen molar-refractivity contribution in [2.75, 3.05) is 6.67 Å². The summed E-state index contributed by atoms with van der Waals surface area (Å²) in [4.78, 5) is 44.9. The summed E-state index contributed by atoms with van der Waals surface area (Å²) < 4.78 is 0. The van der Waals surface area contributed by atoms with Crippen molar-refractivity contribution in [3.05, 3.63) is 0 Å². The van der Waals surface area contributed by atoms with Crippen molar-refractivity contribution < 1.29 is 19.2 Å². The number of amides is 4. The Morgan fingerprint density at radius 2 is 1.08 bits per heavy atom. The van der Waals surface area contributed by atoms with E-state index in [2.05, 4.69) is 0 Å². The smallest absolute Gasteiger partial charge is 0.240 e. The van der Waals surface area contributed by atoms with E-state index in [0.29, 0.717) is 0 Å². The van der Waals surface area contributed by atoms with Crippen molar-refractivity contribution in [2.24, 2.45) is 0 Å². The molecule has 2 fully saturated rings. The second kappa shape index (κ2) is 2.38. The Morgan fingerprint density at radius 1 is 0.769 bits per heavy atom. The molecule has 2 rings (SSSR count). The summed E-state index contributed by atoms with van der Waals surface area (Å²) >= 11 is 0. The molecule has 2 aliphatic heterocycles. The molecule has 6 heteroatoms. The first-order chi connectivity index (χ1) is 6.09. The number of hydrogen-bond donors (Lipinski definition) is 0.